The van der Waals surface area contributed by atoms with E-state index in [9.17, 15) is 0 Å². The summed E-state index contributed by atoms with van der Waals surface area (Å²) in [6, 6.07) is 0. The van der Waals surface area contributed by atoms with Crippen LogP contribution in [0, 0.1) is 0 Å². The van der Waals surface area contributed by atoms with Crippen LogP contribution in [0.1, 0.15) is 13.8 Å². The average molecular weight is 324 g/mol. The fraction of sp³-hybridized carbons (Fsp3) is 0.500. The SMILES string of the molecule is CNC([S-])=NN=C(C)C(C)=NN=C([S-])NC.[Zn+2]. The molecule has 0 amide bonds. The van der Waals surface area contributed by atoms with Gasteiger partial charge in [-0.15, -0.1) is 0 Å². The van der Waals surface area contributed by atoms with Crippen molar-refractivity contribution in [2.45, 2.75) is 13.8 Å². The molecule has 17 heavy (non-hydrogen) atoms. The number of amidine groups is 2. The van der Waals surface area contributed by atoms with Crippen molar-refractivity contribution in [2.24, 2.45) is 20.4 Å². The Morgan fingerprint density at radius 2 is 1.06 bits per heavy atom. The maximum atomic E-state index is 4.81. The summed E-state index contributed by atoms with van der Waals surface area (Å²) >= 11 is 9.61. The van der Waals surface area contributed by atoms with E-state index >= 15 is 0 Å². The first kappa shape index (κ1) is 18.7. The van der Waals surface area contributed by atoms with E-state index in [1.54, 1.807) is 27.9 Å². The number of hydrogen-bond donors (Lipinski definition) is 2. The van der Waals surface area contributed by atoms with Gasteiger partial charge in [0.15, 0.2) is 0 Å². The second kappa shape index (κ2) is 10.5. The smallest absolute Gasteiger partial charge is 0.741 e. The van der Waals surface area contributed by atoms with Gasteiger partial charge >= 0.3 is 19.5 Å². The van der Waals surface area contributed by atoms with Gasteiger partial charge in [0.2, 0.25) is 0 Å². The summed E-state index contributed by atoms with van der Waals surface area (Å²) in [4.78, 5) is 0. The minimum atomic E-state index is 0. The van der Waals surface area contributed by atoms with Crippen LogP contribution in [-0.4, -0.2) is 35.9 Å². The summed E-state index contributed by atoms with van der Waals surface area (Å²) in [7, 11) is 3.36. The summed E-state index contributed by atoms with van der Waals surface area (Å²) < 4.78 is 0. The maximum Gasteiger partial charge on any atom is 2.00 e. The first-order chi connectivity index (χ1) is 7.51. The van der Waals surface area contributed by atoms with Gasteiger partial charge in [0.1, 0.15) is 0 Å². The molecule has 0 aliphatic heterocycles. The molecule has 0 fully saturated rings. The van der Waals surface area contributed by atoms with Gasteiger partial charge in [0, 0.05) is 14.1 Å². The molecule has 0 spiro atoms. The van der Waals surface area contributed by atoms with Crippen molar-refractivity contribution in [3.05, 3.63) is 0 Å². The van der Waals surface area contributed by atoms with Crippen molar-refractivity contribution >= 4 is 47.0 Å². The molecule has 0 aliphatic carbocycles. The van der Waals surface area contributed by atoms with E-state index < -0.39 is 0 Å². The molecule has 0 aliphatic rings. The minimum absolute atomic E-state index is 0. The van der Waals surface area contributed by atoms with Crippen molar-refractivity contribution < 1.29 is 19.5 Å². The summed E-state index contributed by atoms with van der Waals surface area (Å²) in [6.45, 7) is 3.52. The van der Waals surface area contributed by atoms with Crippen LogP contribution in [0.25, 0.3) is 0 Å². The van der Waals surface area contributed by atoms with Crippen molar-refractivity contribution in [1.82, 2.24) is 10.6 Å². The zero-order valence-electron chi connectivity index (χ0n) is 10.3. The Labute approximate surface area is 125 Å². The normalized spacial score (nSPS) is 14.1. The van der Waals surface area contributed by atoms with E-state index in [1.165, 1.54) is 0 Å². The monoisotopic (exact) mass is 322 g/mol. The van der Waals surface area contributed by atoms with E-state index in [-0.39, 0.29) is 19.5 Å². The third-order valence-electron chi connectivity index (χ3n) is 1.53. The van der Waals surface area contributed by atoms with Crippen LogP contribution in [0.4, 0.5) is 0 Å². The first-order valence-corrected chi connectivity index (χ1v) is 5.27. The number of rotatable bonds is 3. The molecule has 0 rings (SSSR count). The molecule has 2 N–H and O–H groups in total. The van der Waals surface area contributed by atoms with Crippen molar-refractivity contribution in [1.29, 1.82) is 0 Å². The molecule has 0 bridgehead atoms. The van der Waals surface area contributed by atoms with Crippen LogP contribution in [0.2, 0.25) is 0 Å². The Balaban J connectivity index is 0. The Bertz CT molecular complexity index is 316. The van der Waals surface area contributed by atoms with Gasteiger partial charge in [0.05, 0.1) is 11.4 Å². The molecule has 0 unspecified atom stereocenters. The second-order valence-electron chi connectivity index (χ2n) is 2.68. The zero-order valence-corrected chi connectivity index (χ0v) is 14.9. The van der Waals surface area contributed by atoms with Crippen LogP contribution in [0.5, 0.6) is 0 Å². The largest absolute Gasteiger partial charge is 2.00 e. The Hall–Kier alpha value is -0.657. The second-order valence-corrected chi connectivity index (χ2v) is 3.45. The van der Waals surface area contributed by atoms with Gasteiger partial charge in [-0.25, -0.2) is 0 Å². The summed E-state index contributed by atoms with van der Waals surface area (Å²) in [6.07, 6.45) is 0. The van der Waals surface area contributed by atoms with Gasteiger partial charge in [-0.2, -0.15) is 20.4 Å². The molecule has 0 aromatic rings. The van der Waals surface area contributed by atoms with Crippen LogP contribution < -0.4 is 10.6 Å². The fourth-order valence-electron chi connectivity index (χ4n) is 0.486. The van der Waals surface area contributed by atoms with E-state index in [2.05, 4.69) is 31.0 Å². The molecule has 0 heterocycles. The number of nitrogens with one attached hydrogen (secondary N) is 2. The summed E-state index contributed by atoms with van der Waals surface area (Å²) in [5.74, 6) is 0. The molecule has 0 saturated carbocycles. The molecule has 0 atom stereocenters. The molecule has 90 valence electrons. The maximum absolute atomic E-state index is 4.81. The Morgan fingerprint density at radius 3 is 1.29 bits per heavy atom. The van der Waals surface area contributed by atoms with Crippen molar-refractivity contribution in [3.63, 3.8) is 0 Å². The van der Waals surface area contributed by atoms with Gasteiger partial charge < -0.3 is 35.9 Å². The average Bonchev–Trinajstić information content (AvgIpc) is 2.31. The van der Waals surface area contributed by atoms with Crippen LogP contribution >= 0.6 is 0 Å². The van der Waals surface area contributed by atoms with Crippen LogP contribution in [-0.2, 0) is 44.7 Å². The van der Waals surface area contributed by atoms with Crippen molar-refractivity contribution in [3.8, 4) is 0 Å². The van der Waals surface area contributed by atoms with E-state index in [1.807, 2.05) is 0 Å². The quantitative estimate of drug-likeness (QED) is 0.252. The fourth-order valence-corrected chi connectivity index (χ4v) is 0.567. The van der Waals surface area contributed by atoms with E-state index in [0.717, 1.165) is 0 Å². The number of hydrogen-bond acceptors (Lipinski definition) is 6. The third kappa shape index (κ3) is 9.08. The molecule has 0 aromatic carbocycles. The molecule has 0 saturated heterocycles. The molecular weight excluding hydrogens is 310 g/mol. The van der Waals surface area contributed by atoms with Gasteiger partial charge in [0.25, 0.3) is 0 Å². The molecular formula is C8H14N6S2Zn. The van der Waals surface area contributed by atoms with Gasteiger partial charge in [-0.1, -0.05) is 0 Å². The topological polar surface area (TPSA) is 73.5 Å². The molecule has 9 heteroatoms. The first-order valence-electron chi connectivity index (χ1n) is 4.45. The van der Waals surface area contributed by atoms with Crippen molar-refractivity contribution in [2.75, 3.05) is 14.1 Å². The van der Waals surface area contributed by atoms with E-state index in [4.69, 9.17) is 25.3 Å². The summed E-state index contributed by atoms with van der Waals surface area (Å²) in [5.41, 5.74) is 1.25. The Kier molecular flexibility index (Phi) is 11.5. The zero-order chi connectivity index (χ0) is 12.6. The predicted octanol–water partition coefficient (Wildman–Crippen LogP) is -0.0197. The van der Waals surface area contributed by atoms with Crippen LogP contribution in [0.3, 0.4) is 0 Å². The standard InChI is InChI=1S/C8H16N6S2.Zn/c1-5(11-13-7(15)9-3)6(2)12-14-8(16)10-4;/h1-4H3,(H2,9,13,15)(H2,10,14,16);/q;+2/p-2. The predicted molar refractivity (Wildman–Crippen MR) is 73.9 cm³/mol. The summed E-state index contributed by atoms with van der Waals surface area (Å²) in [5, 5.41) is 21.3. The molecule has 6 nitrogen and oxygen atoms in total. The third-order valence-corrected chi connectivity index (χ3v) is 2.10. The van der Waals surface area contributed by atoms with Gasteiger partial charge in [-0.3, -0.25) is 0 Å². The van der Waals surface area contributed by atoms with Gasteiger partial charge in [-0.05, 0) is 24.2 Å². The minimum Gasteiger partial charge on any atom is -0.741 e. The molecule has 0 radical (unpaired) electrons. The Morgan fingerprint density at radius 1 is 0.765 bits per heavy atom. The molecule has 0 aromatic heterocycles. The number of nitrogens with zero attached hydrogens (tertiary/aromatic N) is 4. The van der Waals surface area contributed by atoms with Crippen LogP contribution in [0.15, 0.2) is 20.4 Å². The van der Waals surface area contributed by atoms with E-state index in [0.29, 0.717) is 21.8 Å².